The molecule has 0 spiro atoms. The van der Waals surface area contributed by atoms with Crippen molar-refractivity contribution in [2.45, 2.75) is 13.0 Å². The third kappa shape index (κ3) is 2.21. The highest BCUT2D eigenvalue weighted by Gasteiger charge is 2.20. The van der Waals surface area contributed by atoms with Crippen LogP contribution in [-0.2, 0) is 7.05 Å². The Morgan fingerprint density at radius 1 is 1.12 bits per heavy atom. The first-order chi connectivity index (χ1) is 11.6. The van der Waals surface area contributed by atoms with Crippen molar-refractivity contribution in [2.75, 3.05) is 0 Å². The van der Waals surface area contributed by atoms with Crippen LogP contribution in [0.3, 0.4) is 0 Å². The predicted molar refractivity (Wildman–Crippen MR) is 89.6 cm³/mol. The molecule has 0 aliphatic carbocycles. The van der Waals surface area contributed by atoms with Crippen LogP contribution in [0.4, 0.5) is 0 Å². The Kier molecular flexibility index (Phi) is 3.26. The number of para-hydroxylation sites is 1. The van der Waals surface area contributed by atoms with E-state index in [1.807, 2.05) is 67.0 Å². The van der Waals surface area contributed by atoms with E-state index in [0.29, 0.717) is 11.5 Å². The van der Waals surface area contributed by atoms with E-state index in [9.17, 15) is 4.79 Å². The number of aromatic nitrogens is 5. The van der Waals surface area contributed by atoms with Gasteiger partial charge in [0.2, 0.25) is 0 Å². The lowest BCUT2D eigenvalue weighted by Crippen LogP contribution is -2.28. The van der Waals surface area contributed by atoms with Crippen molar-refractivity contribution < 1.29 is 4.79 Å². The second-order valence-electron chi connectivity index (χ2n) is 5.67. The number of aryl methyl sites for hydroxylation is 1. The largest absolute Gasteiger partial charge is 0.341 e. The summed E-state index contributed by atoms with van der Waals surface area (Å²) in [7, 11) is 1.83. The number of hydrogen-bond acceptors (Lipinski definition) is 4. The fourth-order valence-electron chi connectivity index (χ4n) is 2.87. The molecule has 1 N–H and O–H groups in total. The Labute approximate surface area is 137 Å². The number of nitrogens with zero attached hydrogens (tertiary/aromatic N) is 5. The summed E-state index contributed by atoms with van der Waals surface area (Å²) < 4.78 is 3.57. The molecule has 0 saturated heterocycles. The standard InChI is InChI=1S/C17H16N6O/c1-11(16-20-19-14-9-5-6-10-23(14)16)18-17(24)15-12-7-3-4-8-13(12)22(2)21-15/h3-11H,1-2H3,(H,18,24)/t11-/m1/s1. The highest BCUT2D eigenvalue weighted by molar-refractivity contribution is 6.04. The summed E-state index contributed by atoms with van der Waals surface area (Å²) in [5, 5.41) is 16.4. The maximum absolute atomic E-state index is 12.7. The molecular weight excluding hydrogens is 304 g/mol. The van der Waals surface area contributed by atoms with Gasteiger partial charge in [0.1, 0.15) is 0 Å². The number of rotatable bonds is 3. The molecule has 0 aliphatic rings. The molecular formula is C17H16N6O. The van der Waals surface area contributed by atoms with Crippen molar-refractivity contribution in [1.82, 2.24) is 29.7 Å². The van der Waals surface area contributed by atoms with E-state index >= 15 is 0 Å². The smallest absolute Gasteiger partial charge is 0.273 e. The second kappa shape index (κ2) is 5.45. The first-order valence-corrected chi connectivity index (χ1v) is 7.67. The van der Waals surface area contributed by atoms with E-state index in [1.165, 1.54) is 0 Å². The lowest BCUT2D eigenvalue weighted by atomic mass is 10.2. The van der Waals surface area contributed by atoms with Gasteiger partial charge >= 0.3 is 0 Å². The van der Waals surface area contributed by atoms with Gasteiger partial charge in [-0.1, -0.05) is 24.3 Å². The Hall–Kier alpha value is -3.22. The predicted octanol–water partition coefficient (Wildman–Crippen LogP) is 2.11. The first kappa shape index (κ1) is 14.4. The number of pyridine rings is 1. The minimum atomic E-state index is -0.296. The first-order valence-electron chi connectivity index (χ1n) is 7.67. The van der Waals surface area contributed by atoms with E-state index in [0.717, 1.165) is 16.6 Å². The summed E-state index contributed by atoms with van der Waals surface area (Å²) in [5.74, 6) is 0.450. The number of carbonyl (C=O) groups is 1. The maximum Gasteiger partial charge on any atom is 0.273 e. The van der Waals surface area contributed by atoms with Crippen LogP contribution in [0.1, 0.15) is 29.3 Å². The van der Waals surface area contributed by atoms with Crippen LogP contribution in [0, 0.1) is 0 Å². The quantitative estimate of drug-likeness (QED) is 0.627. The summed E-state index contributed by atoms with van der Waals surface area (Å²) in [6, 6.07) is 13.0. The molecule has 7 heteroatoms. The normalized spacial score (nSPS) is 12.6. The van der Waals surface area contributed by atoms with Crippen LogP contribution in [-0.4, -0.2) is 30.3 Å². The number of nitrogens with one attached hydrogen (secondary N) is 1. The van der Waals surface area contributed by atoms with Crippen LogP contribution in [0.2, 0.25) is 0 Å². The number of benzene rings is 1. The molecule has 3 aromatic heterocycles. The summed E-state index contributed by atoms with van der Waals surface area (Å²) in [6.45, 7) is 1.88. The van der Waals surface area contributed by atoms with Gasteiger partial charge in [-0.05, 0) is 25.1 Å². The van der Waals surface area contributed by atoms with Gasteiger partial charge in [0.15, 0.2) is 17.2 Å². The fraction of sp³-hybridized carbons (Fsp3) is 0.176. The molecule has 0 radical (unpaired) electrons. The molecule has 0 aliphatic heterocycles. The van der Waals surface area contributed by atoms with Gasteiger partial charge in [-0.3, -0.25) is 13.9 Å². The SMILES string of the molecule is C[C@@H](NC(=O)c1nn(C)c2ccccc12)c1nnc2ccccn12. The second-order valence-corrected chi connectivity index (χ2v) is 5.67. The van der Waals surface area contributed by atoms with Crippen molar-refractivity contribution >= 4 is 22.5 Å². The van der Waals surface area contributed by atoms with E-state index < -0.39 is 0 Å². The molecule has 0 unspecified atom stereocenters. The van der Waals surface area contributed by atoms with Crippen LogP contribution in [0.15, 0.2) is 48.7 Å². The van der Waals surface area contributed by atoms with Crippen molar-refractivity contribution in [2.24, 2.45) is 7.05 Å². The summed E-state index contributed by atoms with van der Waals surface area (Å²) in [4.78, 5) is 12.7. The Bertz CT molecular complexity index is 1050. The van der Waals surface area contributed by atoms with Gasteiger partial charge in [-0.15, -0.1) is 10.2 Å². The molecule has 1 aromatic carbocycles. The Balaban J connectivity index is 1.66. The molecule has 4 aromatic rings. The molecule has 3 heterocycles. The number of carbonyl (C=O) groups excluding carboxylic acids is 1. The zero-order chi connectivity index (χ0) is 16.7. The van der Waals surface area contributed by atoms with Gasteiger partial charge in [-0.2, -0.15) is 5.10 Å². The summed E-state index contributed by atoms with van der Waals surface area (Å²) in [6.07, 6.45) is 1.88. The number of fused-ring (bicyclic) bond motifs is 2. The van der Waals surface area contributed by atoms with Crippen molar-refractivity contribution in [1.29, 1.82) is 0 Å². The van der Waals surface area contributed by atoms with Crippen LogP contribution < -0.4 is 5.32 Å². The summed E-state index contributed by atoms with van der Waals surface area (Å²) in [5.41, 5.74) is 2.08. The van der Waals surface area contributed by atoms with Crippen molar-refractivity contribution in [3.8, 4) is 0 Å². The average molecular weight is 320 g/mol. The minimum Gasteiger partial charge on any atom is -0.341 e. The monoisotopic (exact) mass is 320 g/mol. The van der Waals surface area contributed by atoms with Crippen LogP contribution >= 0.6 is 0 Å². The van der Waals surface area contributed by atoms with E-state index in [4.69, 9.17) is 0 Å². The van der Waals surface area contributed by atoms with Gasteiger partial charge in [0.25, 0.3) is 5.91 Å². The molecule has 24 heavy (non-hydrogen) atoms. The zero-order valence-corrected chi connectivity index (χ0v) is 13.3. The van der Waals surface area contributed by atoms with E-state index in [-0.39, 0.29) is 11.9 Å². The van der Waals surface area contributed by atoms with Crippen LogP contribution in [0.25, 0.3) is 16.6 Å². The third-order valence-electron chi connectivity index (χ3n) is 4.05. The highest BCUT2D eigenvalue weighted by Crippen LogP contribution is 2.19. The van der Waals surface area contributed by atoms with Gasteiger partial charge in [0.05, 0.1) is 11.6 Å². The van der Waals surface area contributed by atoms with Gasteiger partial charge in [-0.25, -0.2) is 0 Å². The molecule has 1 amide bonds. The molecule has 0 saturated carbocycles. The average Bonchev–Trinajstić information content (AvgIpc) is 3.17. The van der Waals surface area contributed by atoms with E-state index in [2.05, 4.69) is 20.6 Å². The molecule has 0 bridgehead atoms. The number of amides is 1. The van der Waals surface area contributed by atoms with Crippen LogP contribution in [0.5, 0.6) is 0 Å². The highest BCUT2D eigenvalue weighted by atomic mass is 16.2. The molecule has 120 valence electrons. The molecule has 7 nitrogen and oxygen atoms in total. The van der Waals surface area contributed by atoms with Crippen molar-refractivity contribution in [3.63, 3.8) is 0 Å². The fourth-order valence-corrected chi connectivity index (χ4v) is 2.87. The number of hydrogen-bond donors (Lipinski definition) is 1. The lowest BCUT2D eigenvalue weighted by Gasteiger charge is -2.11. The maximum atomic E-state index is 12.7. The summed E-state index contributed by atoms with van der Waals surface area (Å²) >= 11 is 0. The van der Waals surface area contributed by atoms with Crippen molar-refractivity contribution in [3.05, 3.63) is 60.2 Å². The topological polar surface area (TPSA) is 77.1 Å². The molecule has 4 rings (SSSR count). The molecule has 1 atom stereocenters. The third-order valence-corrected chi connectivity index (χ3v) is 4.05. The van der Waals surface area contributed by atoms with Gasteiger partial charge in [0, 0.05) is 18.6 Å². The zero-order valence-electron chi connectivity index (χ0n) is 13.3. The Morgan fingerprint density at radius 2 is 1.92 bits per heavy atom. The Morgan fingerprint density at radius 3 is 2.79 bits per heavy atom. The van der Waals surface area contributed by atoms with E-state index in [1.54, 1.807) is 4.68 Å². The lowest BCUT2D eigenvalue weighted by molar-refractivity contribution is 0.0934. The minimum absolute atomic E-state index is 0.230. The molecule has 0 fully saturated rings. The van der Waals surface area contributed by atoms with Gasteiger partial charge < -0.3 is 5.32 Å².